The van der Waals surface area contributed by atoms with Crippen molar-refractivity contribution in [3.05, 3.63) is 48.3 Å². The van der Waals surface area contributed by atoms with E-state index in [9.17, 15) is 0 Å². The number of nitrogens with zero attached hydrogens (tertiary/aromatic N) is 3. The Bertz CT molecular complexity index is 575. The number of hydrogen-bond donors (Lipinski definition) is 1. The van der Waals surface area contributed by atoms with Crippen molar-refractivity contribution < 1.29 is 0 Å². The van der Waals surface area contributed by atoms with Crippen molar-refractivity contribution in [1.29, 1.82) is 0 Å². The Hall–Kier alpha value is -1.65. The summed E-state index contributed by atoms with van der Waals surface area (Å²) in [4.78, 5) is 2.55. The molecule has 21 heavy (non-hydrogen) atoms. The molecule has 2 unspecified atom stereocenters. The molecule has 1 fully saturated rings. The van der Waals surface area contributed by atoms with Gasteiger partial charge in [0.25, 0.3) is 0 Å². The molecule has 2 N–H and O–H groups in total. The Balaban J connectivity index is 1.90. The third kappa shape index (κ3) is 2.74. The number of para-hydroxylation sites is 1. The van der Waals surface area contributed by atoms with Crippen LogP contribution in [0.15, 0.2) is 42.7 Å². The van der Waals surface area contributed by atoms with Crippen molar-refractivity contribution in [2.75, 3.05) is 13.1 Å². The van der Waals surface area contributed by atoms with Gasteiger partial charge in [-0.2, -0.15) is 5.10 Å². The van der Waals surface area contributed by atoms with Crippen LogP contribution < -0.4 is 5.73 Å². The SMILES string of the molecule is CC(C)N1CCC(CN)C1c1cnn(-c2ccccc2)c1. The minimum atomic E-state index is 0.396. The predicted molar refractivity (Wildman–Crippen MR) is 85.3 cm³/mol. The Morgan fingerprint density at radius 1 is 1.29 bits per heavy atom. The minimum absolute atomic E-state index is 0.396. The van der Waals surface area contributed by atoms with Crippen LogP contribution in [0.5, 0.6) is 0 Å². The first-order chi connectivity index (χ1) is 10.2. The molecule has 0 saturated carbocycles. The number of benzene rings is 1. The van der Waals surface area contributed by atoms with E-state index in [1.54, 1.807) is 0 Å². The summed E-state index contributed by atoms with van der Waals surface area (Å²) < 4.78 is 1.96. The van der Waals surface area contributed by atoms with Gasteiger partial charge in [0, 0.05) is 23.8 Å². The van der Waals surface area contributed by atoms with E-state index in [0.29, 0.717) is 18.0 Å². The molecule has 1 aromatic carbocycles. The van der Waals surface area contributed by atoms with Gasteiger partial charge in [0.2, 0.25) is 0 Å². The third-order valence-corrected chi connectivity index (χ3v) is 4.49. The zero-order valence-corrected chi connectivity index (χ0v) is 12.8. The van der Waals surface area contributed by atoms with E-state index in [2.05, 4.69) is 42.2 Å². The van der Waals surface area contributed by atoms with Gasteiger partial charge in [0.15, 0.2) is 0 Å². The van der Waals surface area contributed by atoms with Gasteiger partial charge < -0.3 is 5.73 Å². The molecule has 1 saturated heterocycles. The van der Waals surface area contributed by atoms with E-state index >= 15 is 0 Å². The van der Waals surface area contributed by atoms with E-state index in [1.807, 2.05) is 29.1 Å². The van der Waals surface area contributed by atoms with Crippen LogP contribution in [0.2, 0.25) is 0 Å². The topological polar surface area (TPSA) is 47.1 Å². The van der Waals surface area contributed by atoms with Gasteiger partial charge in [-0.05, 0) is 51.4 Å². The maximum absolute atomic E-state index is 5.99. The zero-order chi connectivity index (χ0) is 14.8. The molecule has 0 spiro atoms. The minimum Gasteiger partial charge on any atom is -0.330 e. The summed E-state index contributed by atoms with van der Waals surface area (Å²) in [5.74, 6) is 0.529. The largest absolute Gasteiger partial charge is 0.330 e. The van der Waals surface area contributed by atoms with Gasteiger partial charge in [0.1, 0.15) is 0 Å². The van der Waals surface area contributed by atoms with Gasteiger partial charge in [-0.25, -0.2) is 4.68 Å². The van der Waals surface area contributed by atoms with Crippen molar-refractivity contribution >= 4 is 0 Å². The molecule has 4 heteroatoms. The Kier molecular flexibility index (Phi) is 4.08. The predicted octanol–water partition coefficient (Wildman–Crippen LogP) is 2.60. The number of likely N-dealkylation sites (tertiary alicyclic amines) is 1. The molecule has 3 rings (SSSR count). The molecule has 1 aliphatic rings. The highest BCUT2D eigenvalue weighted by Gasteiger charge is 2.36. The van der Waals surface area contributed by atoms with E-state index in [4.69, 9.17) is 5.73 Å². The second-order valence-electron chi connectivity index (χ2n) is 6.11. The molecule has 112 valence electrons. The van der Waals surface area contributed by atoms with Crippen LogP contribution in [-0.2, 0) is 0 Å². The summed E-state index contributed by atoms with van der Waals surface area (Å²) in [6.07, 6.45) is 5.33. The molecule has 4 nitrogen and oxygen atoms in total. The lowest BCUT2D eigenvalue weighted by Gasteiger charge is -2.30. The highest BCUT2D eigenvalue weighted by Crippen LogP contribution is 2.38. The first-order valence-electron chi connectivity index (χ1n) is 7.76. The lowest BCUT2D eigenvalue weighted by Crippen LogP contribution is -2.33. The molecular formula is C17H24N4. The second-order valence-corrected chi connectivity index (χ2v) is 6.11. The second kappa shape index (κ2) is 6.00. The average Bonchev–Trinajstić information content (AvgIpc) is 3.14. The van der Waals surface area contributed by atoms with Crippen LogP contribution in [0.25, 0.3) is 5.69 Å². The van der Waals surface area contributed by atoms with Crippen LogP contribution in [0.4, 0.5) is 0 Å². The van der Waals surface area contributed by atoms with Gasteiger partial charge in [-0.15, -0.1) is 0 Å². The highest BCUT2D eigenvalue weighted by molar-refractivity contribution is 5.31. The van der Waals surface area contributed by atoms with Crippen molar-refractivity contribution in [2.24, 2.45) is 11.7 Å². The fourth-order valence-corrected chi connectivity index (χ4v) is 3.38. The van der Waals surface area contributed by atoms with E-state index in [-0.39, 0.29) is 0 Å². The number of nitrogens with two attached hydrogens (primary N) is 1. The maximum Gasteiger partial charge on any atom is 0.0645 e. The normalized spacial score (nSPS) is 23.0. The summed E-state index contributed by atoms with van der Waals surface area (Å²) in [7, 11) is 0. The van der Waals surface area contributed by atoms with Crippen LogP contribution in [0, 0.1) is 5.92 Å². The summed E-state index contributed by atoms with van der Waals surface area (Å²) in [6.45, 7) is 6.38. The third-order valence-electron chi connectivity index (χ3n) is 4.49. The smallest absolute Gasteiger partial charge is 0.0645 e. The molecule has 0 radical (unpaired) electrons. The Labute approximate surface area is 126 Å². The lowest BCUT2D eigenvalue weighted by molar-refractivity contribution is 0.184. The quantitative estimate of drug-likeness (QED) is 0.939. The number of hydrogen-bond acceptors (Lipinski definition) is 3. The van der Waals surface area contributed by atoms with Crippen molar-refractivity contribution in [3.8, 4) is 5.69 Å². The van der Waals surface area contributed by atoms with Crippen molar-refractivity contribution in [2.45, 2.75) is 32.4 Å². The first-order valence-corrected chi connectivity index (χ1v) is 7.76. The van der Waals surface area contributed by atoms with Gasteiger partial charge >= 0.3 is 0 Å². The molecule has 0 amide bonds. The van der Waals surface area contributed by atoms with Crippen LogP contribution in [0.3, 0.4) is 0 Å². The summed E-state index contributed by atoms with van der Waals surface area (Å²) in [6, 6.07) is 11.2. The first kappa shape index (κ1) is 14.3. The molecule has 2 aromatic rings. The molecular weight excluding hydrogens is 260 g/mol. The molecule has 2 heterocycles. The summed E-state index contributed by atoms with van der Waals surface area (Å²) >= 11 is 0. The maximum atomic E-state index is 5.99. The Morgan fingerprint density at radius 2 is 2.05 bits per heavy atom. The highest BCUT2D eigenvalue weighted by atomic mass is 15.3. The van der Waals surface area contributed by atoms with Crippen LogP contribution >= 0.6 is 0 Å². The Morgan fingerprint density at radius 3 is 2.71 bits per heavy atom. The molecule has 1 aliphatic heterocycles. The lowest BCUT2D eigenvalue weighted by atomic mass is 9.95. The van der Waals surface area contributed by atoms with Crippen molar-refractivity contribution in [1.82, 2.24) is 14.7 Å². The molecule has 2 atom stereocenters. The average molecular weight is 284 g/mol. The number of aromatic nitrogens is 2. The van der Waals surface area contributed by atoms with Crippen molar-refractivity contribution in [3.63, 3.8) is 0 Å². The summed E-state index contributed by atoms with van der Waals surface area (Å²) in [5, 5.41) is 4.54. The monoisotopic (exact) mass is 284 g/mol. The molecule has 0 aliphatic carbocycles. The van der Waals surface area contributed by atoms with E-state index < -0.39 is 0 Å². The van der Waals surface area contributed by atoms with Gasteiger partial charge in [-0.3, -0.25) is 4.90 Å². The zero-order valence-electron chi connectivity index (χ0n) is 12.8. The summed E-state index contributed by atoms with van der Waals surface area (Å²) in [5.41, 5.74) is 8.37. The van der Waals surface area contributed by atoms with E-state index in [0.717, 1.165) is 18.8 Å². The van der Waals surface area contributed by atoms with Crippen LogP contribution in [0.1, 0.15) is 31.9 Å². The molecule has 0 bridgehead atoms. The van der Waals surface area contributed by atoms with Gasteiger partial charge in [0.05, 0.1) is 11.9 Å². The fourth-order valence-electron chi connectivity index (χ4n) is 3.38. The fraction of sp³-hybridized carbons (Fsp3) is 0.471. The van der Waals surface area contributed by atoms with Crippen LogP contribution in [-0.4, -0.2) is 33.8 Å². The number of rotatable bonds is 4. The van der Waals surface area contributed by atoms with Gasteiger partial charge in [-0.1, -0.05) is 18.2 Å². The standard InChI is InChI=1S/C17H24N4/c1-13(2)20-9-8-14(10-18)17(20)15-11-19-21(12-15)16-6-4-3-5-7-16/h3-7,11-14,17H,8-10,18H2,1-2H3. The molecule has 1 aromatic heterocycles. The van der Waals surface area contributed by atoms with E-state index in [1.165, 1.54) is 12.0 Å².